The Hall–Kier alpha value is -4.10. The van der Waals surface area contributed by atoms with Crippen molar-refractivity contribution in [1.82, 2.24) is 0 Å². The molecule has 3 unspecified atom stereocenters. The van der Waals surface area contributed by atoms with Crippen LogP contribution in [0.2, 0.25) is 12.6 Å². The SMILES string of the molecule is CCOC(CCC(OC)C1(C)C=c2cc3cc4cc5cc6cc7cc8ccccc8cc7cc6cc5cc4cc3cc2=CC1)C[Si](C)(OCC)OCC. The van der Waals surface area contributed by atoms with Crippen LogP contribution in [0, 0.1) is 5.41 Å². The molecular formula is C48H52O4Si. The standard InChI is InChI=1S/C48H52O4Si/c1-7-50-46(31-53(6,51-8-2)52-9-3)14-15-47(49-5)48(4)17-16-34-20-37-23-40-26-41-24-38-21-35-18-32-12-10-11-13-33(32)19-36(35)22-39(38)25-42(41)27-43(40)28-44(37)29-45(34)30-48/h10-13,16,18-30,46-47H,7-9,14-15,17,31H2,1-6H3. The van der Waals surface area contributed by atoms with Crippen LogP contribution in [0.15, 0.2) is 97.1 Å². The molecule has 53 heavy (non-hydrogen) atoms. The third-order valence-electron chi connectivity index (χ3n) is 11.6. The van der Waals surface area contributed by atoms with E-state index in [4.69, 9.17) is 18.3 Å². The smallest absolute Gasteiger partial charge is 0.337 e. The molecule has 7 aromatic rings. The van der Waals surface area contributed by atoms with Crippen LogP contribution in [-0.2, 0) is 18.3 Å². The molecule has 0 radical (unpaired) electrons. The Morgan fingerprint density at radius 2 is 1.02 bits per heavy atom. The summed E-state index contributed by atoms with van der Waals surface area (Å²) in [7, 11) is -0.450. The molecule has 5 heteroatoms. The molecule has 0 saturated heterocycles. The number of fused-ring (bicyclic) bond motifs is 7. The summed E-state index contributed by atoms with van der Waals surface area (Å²) in [5, 5.41) is 17.9. The zero-order valence-corrected chi connectivity index (χ0v) is 33.1. The van der Waals surface area contributed by atoms with E-state index in [0.717, 1.165) is 25.3 Å². The largest absolute Gasteiger partial charge is 0.395 e. The van der Waals surface area contributed by atoms with E-state index in [1.54, 1.807) is 0 Å². The predicted octanol–water partition coefficient (Wildman–Crippen LogP) is 10.9. The summed E-state index contributed by atoms with van der Waals surface area (Å²) >= 11 is 0. The zero-order chi connectivity index (χ0) is 36.7. The fraction of sp³-hybridized carbons (Fsp3) is 0.333. The first kappa shape index (κ1) is 35.9. The Labute approximate surface area is 314 Å². The molecule has 1 aliphatic carbocycles. The van der Waals surface area contributed by atoms with Crippen molar-refractivity contribution in [2.75, 3.05) is 26.9 Å². The van der Waals surface area contributed by atoms with Gasteiger partial charge in [-0.1, -0.05) is 43.3 Å². The van der Waals surface area contributed by atoms with Gasteiger partial charge < -0.3 is 18.3 Å². The van der Waals surface area contributed by atoms with Crippen LogP contribution in [0.1, 0.15) is 47.0 Å². The number of methoxy groups -OCH3 is 1. The van der Waals surface area contributed by atoms with E-state index in [2.05, 4.69) is 130 Å². The molecule has 1 aliphatic rings. The minimum absolute atomic E-state index is 0.0614. The van der Waals surface area contributed by atoms with Gasteiger partial charge in [-0.25, -0.2) is 0 Å². The topological polar surface area (TPSA) is 36.9 Å². The van der Waals surface area contributed by atoms with Gasteiger partial charge >= 0.3 is 8.56 Å². The lowest BCUT2D eigenvalue weighted by molar-refractivity contribution is 0.00202. The number of ether oxygens (including phenoxy) is 2. The van der Waals surface area contributed by atoms with Crippen LogP contribution in [0.25, 0.3) is 76.8 Å². The Kier molecular flexibility index (Phi) is 9.90. The minimum Gasteiger partial charge on any atom is -0.395 e. The van der Waals surface area contributed by atoms with Gasteiger partial charge in [-0.15, -0.1) is 0 Å². The maximum Gasteiger partial charge on any atom is 0.337 e. The highest BCUT2D eigenvalue weighted by Crippen LogP contribution is 2.37. The van der Waals surface area contributed by atoms with Crippen molar-refractivity contribution >= 4 is 85.3 Å². The van der Waals surface area contributed by atoms with Gasteiger partial charge in [0.1, 0.15) is 0 Å². The van der Waals surface area contributed by atoms with E-state index in [1.165, 1.54) is 75.1 Å². The summed E-state index contributed by atoms with van der Waals surface area (Å²) in [5.41, 5.74) is -0.128. The van der Waals surface area contributed by atoms with E-state index in [1.807, 2.05) is 21.0 Å². The predicted molar refractivity (Wildman–Crippen MR) is 228 cm³/mol. The molecule has 4 nitrogen and oxygen atoms in total. The molecule has 0 amide bonds. The van der Waals surface area contributed by atoms with Crippen molar-refractivity contribution in [3.05, 3.63) is 107 Å². The van der Waals surface area contributed by atoms with Crippen molar-refractivity contribution in [2.45, 2.75) is 71.8 Å². The van der Waals surface area contributed by atoms with Gasteiger partial charge in [0.15, 0.2) is 0 Å². The second-order valence-corrected chi connectivity index (χ2v) is 18.7. The Morgan fingerprint density at radius 1 is 0.585 bits per heavy atom. The molecule has 7 aromatic carbocycles. The third-order valence-corrected chi connectivity index (χ3v) is 14.6. The Morgan fingerprint density at radius 3 is 1.45 bits per heavy atom. The molecule has 0 N–H and O–H groups in total. The summed E-state index contributed by atoms with van der Waals surface area (Å²) in [6, 6.07) is 37.8. The molecular weight excluding hydrogens is 669 g/mol. The average Bonchev–Trinajstić information content (AvgIpc) is 3.13. The van der Waals surface area contributed by atoms with Gasteiger partial charge in [-0.2, -0.15) is 0 Å². The van der Waals surface area contributed by atoms with Crippen LogP contribution < -0.4 is 10.4 Å². The first-order valence-electron chi connectivity index (χ1n) is 19.5. The highest BCUT2D eigenvalue weighted by atomic mass is 28.4. The highest BCUT2D eigenvalue weighted by Gasteiger charge is 2.37. The zero-order valence-electron chi connectivity index (χ0n) is 32.1. The van der Waals surface area contributed by atoms with Crippen molar-refractivity contribution in [3.63, 3.8) is 0 Å². The first-order chi connectivity index (χ1) is 25.7. The van der Waals surface area contributed by atoms with Gasteiger partial charge in [0, 0.05) is 38.4 Å². The lowest BCUT2D eigenvalue weighted by atomic mass is 9.75. The number of hydrogen-bond acceptors (Lipinski definition) is 4. The van der Waals surface area contributed by atoms with E-state index >= 15 is 0 Å². The quantitative estimate of drug-likeness (QED) is 0.0878. The van der Waals surface area contributed by atoms with Crippen LogP contribution in [0.5, 0.6) is 0 Å². The summed E-state index contributed by atoms with van der Waals surface area (Å²) in [6.45, 7) is 12.7. The number of hydrogen-bond donors (Lipinski definition) is 0. The molecule has 3 atom stereocenters. The Balaban J connectivity index is 1.11. The Bertz CT molecular complexity index is 2610. The molecule has 8 rings (SSSR count). The number of benzene rings is 7. The molecule has 272 valence electrons. The molecule has 0 aliphatic heterocycles. The fourth-order valence-corrected chi connectivity index (χ4v) is 11.7. The van der Waals surface area contributed by atoms with Crippen LogP contribution in [0.4, 0.5) is 0 Å². The first-order valence-corrected chi connectivity index (χ1v) is 22.0. The summed E-state index contributed by atoms with van der Waals surface area (Å²) in [6.07, 6.45) is 7.78. The van der Waals surface area contributed by atoms with E-state index < -0.39 is 8.56 Å². The normalized spacial score (nSPS) is 17.4. The van der Waals surface area contributed by atoms with Crippen molar-refractivity contribution in [1.29, 1.82) is 0 Å². The molecule has 0 heterocycles. The summed E-state index contributed by atoms with van der Waals surface area (Å²) in [5.74, 6) is 0. The van der Waals surface area contributed by atoms with Gasteiger partial charge in [-0.3, -0.25) is 0 Å². The van der Waals surface area contributed by atoms with Crippen molar-refractivity contribution in [3.8, 4) is 0 Å². The summed E-state index contributed by atoms with van der Waals surface area (Å²) in [4.78, 5) is 0. The van der Waals surface area contributed by atoms with E-state index in [0.29, 0.717) is 19.8 Å². The van der Waals surface area contributed by atoms with Crippen LogP contribution in [-0.4, -0.2) is 47.7 Å². The monoisotopic (exact) mass is 720 g/mol. The third kappa shape index (κ3) is 7.14. The second-order valence-electron chi connectivity index (χ2n) is 15.5. The molecule has 0 spiro atoms. The fourth-order valence-electron chi connectivity index (χ4n) is 9.02. The number of rotatable bonds is 13. The maximum absolute atomic E-state index is 6.27. The molecule has 0 saturated carbocycles. The van der Waals surface area contributed by atoms with Gasteiger partial charge in [0.2, 0.25) is 0 Å². The minimum atomic E-state index is -2.31. The van der Waals surface area contributed by atoms with Gasteiger partial charge in [0.05, 0.1) is 12.2 Å². The van der Waals surface area contributed by atoms with Gasteiger partial charge in [-0.05, 0) is 194 Å². The average molecular weight is 721 g/mol. The van der Waals surface area contributed by atoms with E-state index in [9.17, 15) is 0 Å². The van der Waals surface area contributed by atoms with Crippen LogP contribution >= 0.6 is 0 Å². The molecule has 0 fully saturated rings. The highest BCUT2D eigenvalue weighted by molar-refractivity contribution is 6.66. The van der Waals surface area contributed by atoms with Crippen molar-refractivity contribution < 1.29 is 18.3 Å². The lowest BCUT2D eigenvalue weighted by Gasteiger charge is -2.36. The molecule has 0 bridgehead atoms. The lowest BCUT2D eigenvalue weighted by Crippen LogP contribution is -2.43. The maximum atomic E-state index is 6.27. The second kappa shape index (κ2) is 14.6. The van der Waals surface area contributed by atoms with Crippen LogP contribution in [0.3, 0.4) is 0 Å². The van der Waals surface area contributed by atoms with Gasteiger partial charge in [0.25, 0.3) is 0 Å². The molecule has 0 aromatic heterocycles. The summed E-state index contributed by atoms with van der Waals surface area (Å²) < 4.78 is 24.9. The van der Waals surface area contributed by atoms with E-state index in [-0.39, 0.29) is 17.6 Å². The van der Waals surface area contributed by atoms with Crippen molar-refractivity contribution in [2.24, 2.45) is 5.41 Å².